The molecule has 1 aromatic heterocycles. The number of amides is 1. The summed E-state index contributed by atoms with van der Waals surface area (Å²) in [5, 5.41) is 14.4. The van der Waals surface area contributed by atoms with E-state index < -0.39 is 0 Å². The van der Waals surface area contributed by atoms with Crippen LogP contribution in [-0.4, -0.2) is 40.5 Å². The minimum Gasteiger partial charge on any atom is -0.350 e. The maximum absolute atomic E-state index is 12.0. The zero-order valence-corrected chi connectivity index (χ0v) is 12.4. The second kappa shape index (κ2) is 7.38. The summed E-state index contributed by atoms with van der Waals surface area (Å²) >= 11 is 0. The summed E-state index contributed by atoms with van der Waals surface area (Å²) in [5.41, 5.74) is 0.425. The summed E-state index contributed by atoms with van der Waals surface area (Å²) in [5.74, 6) is 0.426. The molecular weight excluding hydrogens is 254 g/mol. The van der Waals surface area contributed by atoms with Crippen molar-refractivity contribution in [2.24, 2.45) is 5.92 Å². The molecular formula is C14H25N5O. The van der Waals surface area contributed by atoms with Crippen LogP contribution >= 0.6 is 0 Å². The van der Waals surface area contributed by atoms with E-state index in [1.54, 1.807) is 6.20 Å². The highest BCUT2D eigenvalue weighted by molar-refractivity contribution is 5.91. The Labute approximate surface area is 120 Å². The molecule has 20 heavy (non-hydrogen) atoms. The molecule has 112 valence electrons. The van der Waals surface area contributed by atoms with Crippen LogP contribution in [-0.2, 0) is 0 Å². The molecule has 0 saturated carbocycles. The van der Waals surface area contributed by atoms with E-state index in [-0.39, 0.29) is 5.91 Å². The van der Waals surface area contributed by atoms with Crippen molar-refractivity contribution in [1.29, 1.82) is 0 Å². The van der Waals surface area contributed by atoms with Crippen molar-refractivity contribution in [2.75, 3.05) is 19.6 Å². The molecule has 0 aliphatic carbocycles. The van der Waals surface area contributed by atoms with E-state index >= 15 is 0 Å². The molecule has 2 heterocycles. The highest BCUT2D eigenvalue weighted by Crippen LogP contribution is 2.17. The molecule has 0 spiro atoms. The van der Waals surface area contributed by atoms with Gasteiger partial charge in [-0.2, -0.15) is 0 Å². The minimum atomic E-state index is -0.114. The van der Waals surface area contributed by atoms with Crippen LogP contribution in [0.5, 0.6) is 0 Å². The van der Waals surface area contributed by atoms with Crippen LogP contribution in [0.4, 0.5) is 0 Å². The maximum Gasteiger partial charge on any atom is 0.273 e. The van der Waals surface area contributed by atoms with Crippen molar-refractivity contribution < 1.29 is 4.79 Å². The third-order valence-electron chi connectivity index (χ3n) is 4.13. The van der Waals surface area contributed by atoms with Crippen LogP contribution in [0, 0.1) is 5.92 Å². The van der Waals surface area contributed by atoms with Gasteiger partial charge < -0.3 is 10.6 Å². The molecule has 6 nitrogen and oxygen atoms in total. The Morgan fingerprint density at radius 1 is 1.45 bits per heavy atom. The summed E-state index contributed by atoms with van der Waals surface area (Å²) in [7, 11) is 0. The van der Waals surface area contributed by atoms with Crippen LogP contribution in [0.15, 0.2) is 6.20 Å². The van der Waals surface area contributed by atoms with Crippen molar-refractivity contribution in [2.45, 2.75) is 45.6 Å². The molecule has 1 aliphatic heterocycles. The first-order valence-corrected chi connectivity index (χ1v) is 7.65. The Morgan fingerprint density at radius 2 is 2.15 bits per heavy atom. The van der Waals surface area contributed by atoms with Crippen LogP contribution in [0.1, 0.15) is 56.1 Å². The molecule has 0 aromatic carbocycles. The van der Waals surface area contributed by atoms with Crippen molar-refractivity contribution >= 4 is 5.91 Å². The second-order valence-corrected chi connectivity index (χ2v) is 5.46. The number of aromatic nitrogens is 3. The fraction of sp³-hybridized carbons (Fsp3) is 0.786. The van der Waals surface area contributed by atoms with Gasteiger partial charge in [0.25, 0.3) is 5.91 Å². The number of piperidine rings is 1. The Hall–Kier alpha value is -1.43. The Balaban J connectivity index is 1.89. The Kier molecular flexibility index (Phi) is 5.52. The minimum absolute atomic E-state index is 0.114. The van der Waals surface area contributed by atoms with E-state index in [4.69, 9.17) is 0 Å². The van der Waals surface area contributed by atoms with Crippen molar-refractivity contribution in [3.8, 4) is 0 Å². The van der Waals surface area contributed by atoms with E-state index in [1.165, 1.54) is 0 Å². The number of hydrogen-bond donors (Lipinski definition) is 2. The summed E-state index contributed by atoms with van der Waals surface area (Å²) in [6.07, 6.45) is 6.02. The molecule has 6 heteroatoms. The highest BCUT2D eigenvalue weighted by Gasteiger charge is 2.18. The summed E-state index contributed by atoms with van der Waals surface area (Å²) < 4.78 is 1.84. The van der Waals surface area contributed by atoms with Gasteiger partial charge in [0.15, 0.2) is 5.69 Å². The molecule has 0 radical (unpaired) electrons. The van der Waals surface area contributed by atoms with Gasteiger partial charge in [0.2, 0.25) is 0 Å². The molecule has 1 amide bonds. The molecule has 2 rings (SSSR count). The number of nitrogens with zero attached hydrogens (tertiary/aromatic N) is 3. The number of carbonyl (C=O) groups excluding carboxylic acids is 1. The zero-order valence-electron chi connectivity index (χ0n) is 12.4. The molecule has 0 unspecified atom stereocenters. The third-order valence-corrected chi connectivity index (χ3v) is 4.13. The predicted molar refractivity (Wildman–Crippen MR) is 77.6 cm³/mol. The van der Waals surface area contributed by atoms with Gasteiger partial charge in [-0.1, -0.05) is 31.9 Å². The summed E-state index contributed by atoms with van der Waals surface area (Å²) in [4.78, 5) is 12.0. The zero-order chi connectivity index (χ0) is 14.4. The Morgan fingerprint density at radius 3 is 2.80 bits per heavy atom. The monoisotopic (exact) mass is 279 g/mol. The first kappa shape index (κ1) is 15.0. The number of carbonyl (C=O) groups is 1. The lowest BCUT2D eigenvalue weighted by Gasteiger charge is -2.22. The number of hydrogen-bond acceptors (Lipinski definition) is 4. The average Bonchev–Trinajstić information content (AvgIpc) is 2.99. The van der Waals surface area contributed by atoms with Crippen molar-refractivity contribution in [3.63, 3.8) is 0 Å². The summed E-state index contributed by atoms with van der Waals surface area (Å²) in [6, 6.07) is 0.365. The lowest BCUT2D eigenvalue weighted by Crippen LogP contribution is -2.30. The van der Waals surface area contributed by atoms with Crippen molar-refractivity contribution in [3.05, 3.63) is 11.9 Å². The maximum atomic E-state index is 12.0. The number of nitrogens with one attached hydrogen (secondary N) is 2. The normalized spacial score (nSPS) is 16.6. The van der Waals surface area contributed by atoms with E-state index in [2.05, 4.69) is 34.8 Å². The topological polar surface area (TPSA) is 71.8 Å². The fourth-order valence-corrected chi connectivity index (χ4v) is 2.54. The highest BCUT2D eigenvalue weighted by atomic mass is 16.2. The van der Waals surface area contributed by atoms with Gasteiger partial charge in [0.05, 0.1) is 12.2 Å². The van der Waals surface area contributed by atoms with E-state index in [0.717, 1.165) is 38.8 Å². The van der Waals surface area contributed by atoms with Crippen LogP contribution in [0.2, 0.25) is 0 Å². The SMILES string of the molecule is CCC(CC)CNC(=O)c1cn(C2CCNCC2)nn1. The standard InChI is InChI=1S/C14H25N5O/c1-3-11(4-2)9-16-14(20)13-10-19(18-17-13)12-5-7-15-8-6-12/h10-12,15H,3-9H2,1-2H3,(H,16,20). The van der Waals surface area contributed by atoms with Crippen LogP contribution in [0.25, 0.3) is 0 Å². The average molecular weight is 279 g/mol. The van der Waals surface area contributed by atoms with Crippen LogP contribution < -0.4 is 10.6 Å². The van der Waals surface area contributed by atoms with Gasteiger partial charge in [-0.3, -0.25) is 4.79 Å². The van der Waals surface area contributed by atoms with E-state index in [0.29, 0.717) is 24.2 Å². The van der Waals surface area contributed by atoms with Gasteiger partial charge in [-0.15, -0.1) is 5.10 Å². The molecule has 1 aliphatic rings. The van der Waals surface area contributed by atoms with Gasteiger partial charge >= 0.3 is 0 Å². The lowest BCUT2D eigenvalue weighted by molar-refractivity contribution is 0.0941. The Bertz CT molecular complexity index is 421. The molecule has 2 N–H and O–H groups in total. The third kappa shape index (κ3) is 3.79. The van der Waals surface area contributed by atoms with Crippen LogP contribution in [0.3, 0.4) is 0 Å². The van der Waals surface area contributed by atoms with E-state index in [1.807, 2.05) is 4.68 Å². The molecule has 1 saturated heterocycles. The first-order chi connectivity index (χ1) is 9.74. The molecule has 0 atom stereocenters. The van der Waals surface area contributed by atoms with E-state index in [9.17, 15) is 4.79 Å². The molecule has 0 bridgehead atoms. The molecule has 1 fully saturated rings. The smallest absolute Gasteiger partial charge is 0.273 e. The van der Waals surface area contributed by atoms with Gasteiger partial charge in [-0.05, 0) is 31.8 Å². The quantitative estimate of drug-likeness (QED) is 0.825. The largest absolute Gasteiger partial charge is 0.350 e. The van der Waals surface area contributed by atoms with Crippen molar-refractivity contribution in [1.82, 2.24) is 25.6 Å². The van der Waals surface area contributed by atoms with Gasteiger partial charge in [-0.25, -0.2) is 4.68 Å². The first-order valence-electron chi connectivity index (χ1n) is 7.65. The molecule has 1 aromatic rings. The predicted octanol–water partition coefficient (Wildman–Crippen LogP) is 1.37. The fourth-order valence-electron chi connectivity index (χ4n) is 2.54. The lowest BCUT2D eigenvalue weighted by atomic mass is 10.0. The second-order valence-electron chi connectivity index (χ2n) is 5.46. The van der Waals surface area contributed by atoms with Gasteiger partial charge in [0.1, 0.15) is 0 Å². The summed E-state index contributed by atoms with van der Waals surface area (Å²) in [6.45, 7) is 7.01. The number of rotatable bonds is 6. The van der Waals surface area contributed by atoms with Gasteiger partial charge in [0, 0.05) is 6.54 Å².